The second kappa shape index (κ2) is 9.53. The highest BCUT2D eigenvalue weighted by Crippen LogP contribution is 2.20. The van der Waals surface area contributed by atoms with Crippen molar-refractivity contribution in [3.8, 4) is 0 Å². The fraction of sp³-hybridized carbons (Fsp3) is 0.733. The maximum atomic E-state index is 5.35. The molecule has 1 heterocycles. The fourth-order valence-electron chi connectivity index (χ4n) is 1.87. The molecule has 0 atom stereocenters. The van der Waals surface area contributed by atoms with Gasteiger partial charge in [0.05, 0.1) is 6.61 Å². The van der Waals surface area contributed by atoms with Crippen LogP contribution >= 0.6 is 0 Å². The molecule has 0 aliphatic heterocycles. The highest BCUT2D eigenvalue weighted by atomic mass is 16.5. The van der Waals surface area contributed by atoms with Gasteiger partial charge in [0.1, 0.15) is 17.5 Å². The van der Waals surface area contributed by atoms with Crippen LogP contribution in [0.5, 0.6) is 0 Å². The molecule has 0 aliphatic carbocycles. The topological polar surface area (TPSA) is 59.1 Å². The number of aryl methyl sites for hydroxylation is 1. The Hall–Kier alpha value is -1.36. The Balaban J connectivity index is 2.80. The predicted octanol–water partition coefficient (Wildman–Crippen LogP) is 3.01. The van der Waals surface area contributed by atoms with Crippen LogP contribution < -0.4 is 10.6 Å². The van der Waals surface area contributed by atoms with Gasteiger partial charge in [0.25, 0.3) is 0 Å². The summed E-state index contributed by atoms with van der Waals surface area (Å²) in [5.41, 5.74) is 1.08. The van der Waals surface area contributed by atoms with Gasteiger partial charge in [-0.15, -0.1) is 0 Å². The first kappa shape index (κ1) is 16.7. The molecule has 1 aromatic rings. The zero-order valence-corrected chi connectivity index (χ0v) is 13.3. The average Bonchev–Trinajstić information content (AvgIpc) is 2.45. The van der Waals surface area contributed by atoms with Crippen molar-refractivity contribution in [2.75, 3.05) is 36.9 Å². The number of hydrogen-bond acceptors (Lipinski definition) is 5. The standard InChI is InChI=1S/C15H28N4O/c1-5-8-13-18-14(16-9-6-2)12(4)15(19-13)17-10-11-20-7-3/h5-11H2,1-4H3,(H2,16,17,18,19). The van der Waals surface area contributed by atoms with Gasteiger partial charge in [0.15, 0.2) is 0 Å². The van der Waals surface area contributed by atoms with E-state index in [9.17, 15) is 0 Å². The van der Waals surface area contributed by atoms with Crippen molar-refractivity contribution in [2.24, 2.45) is 0 Å². The van der Waals surface area contributed by atoms with Gasteiger partial charge in [-0.3, -0.25) is 0 Å². The van der Waals surface area contributed by atoms with Gasteiger partial charge < -0.3 is 15.4 Å². The van der Waals surface area contributed by atoms with E-state index in [0.717, 1.165) is 62.0 Å². The molecule has 114 valence electrons. The predicted molar refractivity (Wildman–Crippen MR) is 84.5 cm³/mol. The van der Waals surface area contributed by atoms with E-state index in [1.807, 2.05) is 6.92 Å². The van der Waals surface area contributed by atoms with Crippen molar-refractivity contribution >= 4 is 11.6 Å². The largest absolute Gasteiger partial charge is 0.380 e. The minimum atomic E-state index is 0.695. The molecule has 1 rings (SSSR count). The lowest BCUT2D eigenvalue weighted by molar-refractivity contribution is 0.158. The van der Waals surface area contributed by atoms with Gasteiger partial charge in [-0.05, 0) is 26.7 Å². The van der Waals surface area contributed by atoms with Crippen LogP contribution in [0.15, 0.2) is 0 Å². The van der Waals surface area contributed by atoms with Crippen molar-refractivity contribution in [3.63, 3.8) is 0 Å². The summed E-state index contributed by atoms with van der Waals surface area (Å²) in [4.78, 5) is 9.22. The number of hydrogen-bond donors (Lipinski definition) is 2. The van der Waals surface area contributed by atoms with Crippen LogP contribution in [0.1, 0.15) is 45.0 Å². The van der Waals surface area contributed by atoms with E-state index in [-0.39, 0.29) is 0 Å². The number of aromatic nitrogens is 2. The molecular formula is C15H28N4O. The number of nitrogens with one attached hydrogen (secondary N) is 2. The molecule has 0 spiro atoms. The molecule has 5 heteroatoms. The van der Waals surface area contributed by atoms with Crippen LogP contribution in [-0.4, -0.2) is 36.3 Å². The van der Waals surface area contributed by atoms with E-state index in [4.69, 9.17) is 4.74 Å². The van der Waals surface area contributed by atoms with E-state index < -0.39 is 0 Å². The molecule has 0 radical (unpaired) electrons. The molecule has 0 unspecified atom stereocenters. The molecular weight excluding hydrogens is 252 g/mol. The summed E-state index contributed by atoms with van der Waals surface area (Å²) in [6.07, 6.45) is 3.04. The van der Waals surface area contributed by atoms with E-state index >= 15 is 0 Å². The lowest BCUT2D eigenvalue weighted by Crippen LogP contribution is -2.15. The molecule has 20 heavy (non-hydrogen) atoms. The second-order valence-electron chi connectivity index (χ2n) is 4.76. The summed E-state index contributed by atoms with van der Waals surface area (Å²) in [5, 5.41) is 6.73. The van der Waals surface area contributed by atoms with Gasteiger partial charge >= 0.3 is 0 Å². The Morgan fingerprint density at radius 2 is 1.60 bits per heavy atom. The van der Waals surface area contributed by atoms with E-state index in [2.05, 4.69) is 41.4 Å². The lowest BCUT2D eigenvalue weighted by Gasteiger charge is -2.15. The third kappa shape index (κ3) is 5.33. The van der Waals surface area contributed by atoms with E-state index in [1.165, 1.54) is 0 Å². The summed E-state index contributed by atoms with van der Waals surface area (Å²) >= 11 is 0. The van der Waals surface area contributed by atoms with Crippen LogP contribution in [0.3, 0.4) is 0 Å². The quantitative estimate of drug-likeness (QED) is 0.645. The highest BCUT2D eigenvalue weighted by Gasteiger charge is 2.10. The fourth-order valence-corrected chi connectivity index (χ4v) is 1.87. The van der Waals surface area contributed by atoms with E-state index in [0.29, 0.717) is 6.61 Å². The van der Waals surface area contributed by atoms with Crippen molar-refractivity contribution in [2.45, 2.75) is 47.0 Å². The maximum Gasteiger partial charge on any atom is 0.134 e. The van der Waals surface area contributed by atoms with Crippen molar-refractivity contribution < 1.29 is 4.74 Å². The third-order valence-corrected chi connectivity index (χ3v) is 2.95. The molecule has 5 nitrogen and oxygen atoms in total. The molecule has 0 bridgehead atoms. The van der Waals surface area contributed by atoms with Gasteiger partial charge in [0, 0.05) is 31.7 Å². The summed E-state index contributed by atoms with van der Waals surface area (Å²) in [7, 11) is 0. The van der Waals surface area contributed by atoms with E-state index in [1.54, 1.807) is 0 Å². The van der Waals surface area contributed by atoms with Crippen molar-refractivity contribution in [1.29, 1.82) is 0 Å². The Bertz CT molecular complexity index is 396. The van der Waals surface area contributed by atoms with Gasteiger partial charge in [-0.2, -0.15) is 0 Å². The molecule has 0 aromatic carbocycles. The molecule has 2 N–H and O–H groups in total. The first-order valence-corrected chi connectivity index (χ1v) is 7.65. The Morgan fingerprint density at radius 1 is 0.950 bits per heavy atom. The minimum Gasteiger partial charge on any atom is -0.380 e. The van der Waals surface area contributed by atoms with Gasteiger partial charge in [0.2, 0.25) is 0 Å². The van der Waals surface area contributed by atoms with Crippen LogP contribution in [0.25, 0.3) is 0 Å². The van der Waals surface area contributed by atoms with Crippen molar-refractivity contribution in [1.82, 2.24) is 9.97 Å². The summed E-state index contributed by atoms with van der Waals surface area (Å²) in [5.74, 6) is 2.77. The molecule has 0 saturated heterocycles. The maximum absolute atomic E-state index is 5.35. The smallest absolute Gasteiger partial charge is 0.134 e. The molecule has 0 saturated carbocycles. The summed E-state index contributed by atoms with van der Waals surface area (Å²) in [6, 6.07) is 0. The zero-order chi connectivity index (χ0) is 14.8. The first-order chi connectivity index (χ1) is 9.72. The molecule has 0 amide bonds. The zero-order valence-electron chi connectivity index (χ0n) is 13.3. The van der Waals surface area contributed by atoms with Gasteiger partial charge in [-0.1, -0.05) is 13.8 Å². The summed E-state index contributed by atoms with van der Waals surface area (Å²) < 4.78 is 5.35. The third-order valence-electron chi connectivity index (χ3n) is 2.95. The first-order valence-electron chi connectivity index (χ1n) is 7.65. The normalized spacial score (nSPS) is 10.6. The SMILES string of the molecule is CCCNc1nc(CCC)nc(NCCOCC)c1C. The van der Waals surface area contributed by atoms with Crippen LogP contribution in [-0.2, 0) is 11.2 Å². The Kier molecular flexibility index (Phi) is 7.95. The lowest BCUT2D eigenvalue weighted by atomic mass is 10.2. The van der Waals surface area contributed by atoms with Crippen LogP contribution in [0, 0.1) is 6.92 Å². The molecule has 1 aromatic heterocycles. The highest BCUT2D eigenvalue weighted by molar-refractivity contribution is 5.57. The Labute approximate surface area is 122 Å². The number of ether oxygens (including phenoxy) is 1. The van der Waals surface area contributed by atoms with Crippen molar-refractivity contribution in [3.05, 3.63) is 11.4 Å². The summed E-state index contributed by atoms with van der Waals surface area (Å²) in [6.45, 7) is 11.5. The van der Waals surface area contributed by atoms with Gasteiger partial charge in [-0.25, -0.2) is 9.97 Å². The number of anilines is 2. The number of rotatable bonds is 10. The molecule has 0 fully saturated rings. The monoisotopic (exact) mass is 280 g/mol. The minimum absolute atomic E-state index is 0.695. The molecule has 0 aliphatic rings. The second-order valence-corrected chi connectivity index (χ2v) is 4.76. The average molecular weight is 280 g/mol. The number of nitrogens with zero attached hydrogens (tertiary/aromatic N) is 2. The Morgan fingerprint density at radius 3 is 2.15 bits per heavy atom. The van der Waals surface area contributed by atoms with Crippen LogP contribution in [0.2, 0.25) is 0 Å². The van der Waals surface area contributed by atoms with Crippen LogP contribution in [0.4, 0.5) is 11.6 Å².